The standard InChI is InChI=1S/C45H36GeNPS/c1-45(2)37-24-12-15-27-41(37)47(42-28-16-13-25-38(42)45)35-30-31-44-40(32-35)46(33-18-6-3-7-19-33,34-20-8-4-9-21-34)39-26-14-17-29-43(39)48(44,49)36-22-10-5-11-23-36/h3-32H,1-2H3. The van der Waals surface area contributed by atoms with Gasteiger partial charge in [0.1, 0.15) is 0 Å². The Bertz CT molecular complexity index is 2320. The second-order valence-electron chi connectivity index (χ2n) is 13.6. The van der Waals surface area contributed by atoms with Crippen LogP contribution < -0.4 is 38.4 Å². The Morgan fingerprint density at radius 3 is 1.55 bits per heavy atom. The van der Waals surface area contributed by atoms with Crippen LogP contribution in [-0.4, -0.2) is 13.3 Å². The Kier molecular flexibility index (Phi) is 7.22. The summed E-state index contributed by atoms with van der Waals surface area (Å²) in [7, 11) is 0. The molecule has 0 N–H and O–H groups in total. The van der Waals surface area contributed by atoms with Crippen LogP contribution in [0, 0.1) is 0 Å². The summed E-state index contributed by atoms with van der Waals surface area (Å²) in [6.07, 6.45) is 0. The molecule has 9 rings (SSSR count). The summed E-state index contributed by atoms with van der Waals surface area (Å²) in [5.41, 5.74) is 6.21. The van der Waals surface area contributed by atoms with E-state index < -0.39 is 19.3 Å². The Morgan fingerprint density at radius 2 is 0.959 bits per heavy atom. The molecule has 1 nitrogen and oxygen atoms in total. The summed E-state index contributed by atoms with van der Waals surface area (Å²) in [4.78, 5) is 2.51. The molecule has 0 saturated heterocycles. The van der Waals surface area contributed by atoms with Gasteiger partial charge >= 0.3 is 299 Å². The van der Waals surface area contributed by atoms with Gasteiger partial charge in [-0.1, -0.05) is 0 Å². The quantitative estimate of drug-likeness (QED) is 0.139. The van der Waals surface area contributed by atoms with Gasteiger partial charge in [-0.2, -0.15) is 0 Å². The van der Waals surface area contributed by atoms with Gasteiger partial charge in [-0.25, -0.2) is 0 Å². The molecule has 7 aromatic rings. The van der Waals surface area contributed by atoms with Crippen molar-refractivity contribution in [3.8, 4) is 0 Å². The molecule has 0 fully saturated rings. The number of hydrogen-bond donors (Lipinski definition) is 0. The zero-order valence-corrected chi connectivity index (χ0v) is 31.4. The molecule has 0 aliphatic carbocycles. The molecule has 0 radical (unpaired) electrons. The first-order valence-corrected chi connectivity index (χ1v) is 24.0. The van der Waals surface area contributed by atoms with Crippen molar-refractivity contribution in [1.82, 2.24) is 0 Å². The van der Waals surface area contributed by atoms with E-state index in [0.717, 1.165) is 0 Å². The van der Waals surface area contributed by atoms with E-state index in [0.29, 0.717) is 0 Å². The molecule has 236 valence electrons. The van der Waals surface area contributed by atoms with Crippen LogP contribution in [-0.2, 0) is 17.2 Å². The van der Waals surface area contributed by atoms with Crippen molar-refractivity contribution in [1.29, 1.82) is 0 Å². The minimum atomic E-state index is -3.67. The van der Waals surface area contributed by atoms with Gasteiger partial charge in [0.25, 0.3) is 0 Å². The van der Waals surface area contributed by atoms with Crippen molar-refractivity contribution in [2.45, 2.75) is 19.3 Å². The first-order valence-electron chi connectivity index (χ1n) is 17.0. The number of benzene rings is 7. The number of anilines is 3. The maximum absolute atomic E-state index is 7.12. The summed E-state index contributed by atoms with van der Waals surface area (Å²) >= 11 is 3.45. The third-order valence-corrected chi connectivity index (χ3v) is 26.9. The first kappa shape index (κ1) is 30.6. The van der Waals surface area contributed by atoms with Crippen molar-refractivity contribution >= 4 is 81.7 Å². The predicted molar refractivity (Wildman–Crippen MR) is 216 cm³/mol. The number of hydrogen-bond acceptors (Lipinski definition) is 2. The zero-order valence-electron chi connectivity index (χ0n) is 27.6. The normalized spacial score (nSPS) is 18.0. The van der Waals surface area contributed by atoms with E-state index in [2.05, 4.69) is 201 Å². The maximum atomic E-state index is 7.12. The van der Waals surface area contributed by atoms with Crippen molar-refractivity contribution in [2.75, 3.05) is 4.90 Å². The van der Waals surface area contributed by atoms with Crippen molar-refractivity contribution in [2.24, 2.45) is 0 Å². The summed E-state index contributed by atoms with van der Waals surface area (Å²) in [6.45, 7) is 4.71. The second kappa shape index (κ2) is 11.6. The molecule has 4 heteroatoms. The van der Waals surface area contributed by atoms with Crippen LogP contribution in [0.2, 0.25) is 0 Å². The molecule has 7 aromatic carbocycles. The molecule has 2 aliphatic heterocycles. The van der Waals surface area contributed by atoms with Gasteiger partial charge in [0.15, 0.2) is 0 Å². The minimum absolute atomic E-state index is 0.124. The van der Waals surface area contributed by atoms with Crippen LogP contribution in [0.5, 0.6) is 0 Å². The zero-order chi connectivity index (χ0) is 33.2. The summed E-state index contributed by atoms with van der Waals surface area (Å²) in [5.74, 6) is 0. The van der Waals surface area contributed by atoms with Crippen LogP contribution in [0.15, 0.2) is 182 Å². The fourth-order valence-electron chi connectivity index (χ4n) is 8.61. The molecule has 2 heterocycles. The molecule has 2 aliphatic rings. The summed E-state index contributed by atoms with van der Waals surface area (Å²) in [6, 6.07) is 65.7. The van der Waals surface area contributed by atoms with E-state index in [4.69, 9.17) is 11.8 Å². The summed E-state index contributed by atoms with van der Waals surface area (Å²) < 4.78 is 5.75. The van der Waals surface area contributed by atoms with E-state index in [1.165, 1.54) is 61.7 Å². The van der Waals surface area contributed by atoms with Crippen LogP contribution in [0.25, 0.3) is 0 Å². The molecular formula is C45H36GeNPS. The van der Waals surface area contributed by atoms with Crippen molar-refractivity contribution < 1.29 is 0 Å². The second-order valence-corrected chi connectivity index (χ2v) is 25.8. The van der Waals surface area contributed by atoms with Gasteiger partial charge < -0.3 is 0 Å². The first-order chi connectivity index (χ1) is 24.0. The molecular weight excluding hydrogens is 690 g/mol. The SMILES string of the molecule is CC1(C)c2ccccc2N(c2ccc3[c](c2)[Ge]([c]2ccccc2)([c]2ccccc2)[c]2ccccc2P3(=S)c2ccccc2)c2ccccc21. The van der Waals surface area contributed by atoms with E-state index in [-0.39, 0.29) is 5.41 Å². The van der Waals surface area contributed by atoms with Gasteiger partial charge in [0.2, 0.25) is 0 Å². The Hall–Kier alpha value is -4.47. The number of para-hydroxylation sites is 2. The number of fused-ring (bicyclic) bond motifs is 4. The van der Waals surface area contributed by atoms with Gasteiger partial charge in [0.05, 0.1) is 0 Å². The Labute approximate surface area is 297 Å². The Morgan fingerprint density at radius 1 is 0.490 bits per heavy atom. The molecule has 0 bridgehead atoms. The van der Waals surface area contributed by atoms with E-state index in [1.807, 2.05) is 0 Å². The summed E-state index contributed by atoms with van der Waals surface area (Å²) in [5, 5.41) is 3.93. The molecule has 0 amide bonds. The van der Waals surface area contributed by atoms with Gasteiger partial charge in [-0.05, 0) is 0 Å². The third-order valence-electron chi connectivity index (χ3n) is 10.8. The van der Waals surface area contributed by atoms with Crippen LogP contribution in [0.1, 0.15) is 25.0 Å². The van der Waals surface area contributed by atoms with E-state index >= 15 is 0 Å². The average molecular weight is 726 g/mol. The van der Waals surface area contributed by atoms with Crippen LogP contribution >= 0.6 is 6.04 Å². The predicted octanol–water partition coefficient (Wildman–Crippen LogP) is 7.24. The average Bonchev–Trinajstić information content (AvgIpc) is 3.16. The molecule has 49 heavy (non-hydrogen) atoms. The third kappa shape index (κ3) is 4.34. The van der Waals surface area contributed by atoms with Gasteiger partial charge in [0, 0.05) is 0 Å². The van der Waals surface area contributed by atoms with Crippen LogP contribution in [0.4, 0.5) is 17.1 Å². The molecule has 0 aromatic heterocycles. The van der Waals surface area contributed by atoms with Crippen LogP contribution in [0.3, 0.4) is 0 Å². The fraction of sp³-hybridized carbons (Fsp3) is 0.0667. The molecule has 0 saturated carbocycles. The monoisotopic (exact) mass is 727 g/mol. The number of nitrogens with zero attached hydrogens (tertiary/aromatic N) is 1. The topological polar surface area (TPSA) is 3.24 Å². The van der Waals surface area contributed by atoms with E-state index in [1.54, 1.807) is 0 Å². The van der Waals surface area contributed by atoms with Crippen molar-refractivity contribution in [3.63, 3.8) is 0 Å². The Balaban J connectivity index is 1.43. The van der Waals surface area contributed by atoms with Gasteiger partial charge in [-0.15, -0.1) is 0 Å². The van der Waals surface area contributed by atoms with Gasteiger partial charge in [-0.3, -0.25) is 0 Å². The molecule has 0 spiro atoms. The molecule has 1 unspecified atom stereocenters. The van der Waals surface area contributed by atoms with Crippen molar-refractivity contribution in [3.05, 3.63) is 193 Å². The number of rotatable bonds is 4. The van der Waals surface area contributed by atoms with E-state index in [9.17, 15) is 0 Å². The fourth-order valence-corrected chi connectivity index (χ4v) is 27.9. The molecule has 1 atom stereocenters.